The van der Waals surface area contributed by atoms with E-state index in [9.17, 15) is 5.11 Å². The maximum absolute atomic E-state index is 10.3. The van der Waals surface area contributed by atoms with Gasteiger partial charge < -0.3 is 9.84 Å². The molecular weight excluding hydrogens is 324 g/mol. The monoisotopic (exact) mass is 344 g/mol. The minimum absolute atomic E-state index is 0.0641. The molecule has 0 saturated carbocycles. The Morgan fingerprint density at radius 3 is 2.08 bits per heavy atom. The van der Waals surface area contributed by atoms with Crippen LogP contribution in [0, 0.1) is 0 Å². The van der Waals surface area contributed by atoms with Crippen LogP contribution in [-0.2, 0) is 0 Å². The van der Waals surface area contributed by atoms with Crippen molar-refractivity contribution in [3.8, 4) is 11.5 Å². The van der Waals surface area contributed by atoms with Gasteiger partial charge >= 0.3 is 0 Å². The maximum atomic E-state index is 10.3. The lowest BCUT2D eigenvalue weighted by Gasteiger charge is -2.07. The Kier molecular flexibility index (Phi) is 5.78. The summed E-state index contributed by atoms with van der Waals surface area (Å²) in [5.74, 6) is 0.501. The Morgan fingerprint density at radius 2 is 1.50 bits per heavy atom. The zero-order valence-corrected chi connectivity index (χ0v) is 14.5. The van der Waals surface area contributed by atoms with Crippen LogP contribution in [0.25, 0.3) is 0 Å². The number of phenols is 1. The van der Waals surface area contributed by atoms with E-state index in [1.54, 1.807) is 12.1 Å². The second-order valence-corrected chi connectivity index (χ2v) is 5.55. The molecule has 0 aromatic heterocycles. The van der Waals surface area contributed by atoms with Gasteiger partial charge in [0.15, 0.2) is 11.5 Å². The highest BCUT2D eigenvalue weighted by Crippen LogP contribution is 2.28. The first-order valence-corrected chi connectivity index (χ1v) is 8.46. The standard InChI is InChI=1S/C22H20N2O2/c1-2-26-20-15-9-14-19(22(20)25)16-23-24-21(17-10-5-3-6-11-17)18-12-7-4-8-13-18/h3-16,25H,2H2,1H3. The molecule has 3 rings (SSSR count). The van der Waals surface area contributed by atoms with Gasteiger partial charge in [-0.3, -0.25) is 0 Å². The van der Waals surface area contributed by atoms with Crippen LogP contribution in [0.15, 0.2) is 89.1 Å². The first kappa shape index (κ1) is 17.4. The summed E-state index contributed by atoms with van der Waals surface area (Å²) >= 11 is 0. The molecule has 130 valence electrons. The van der Waals surface area contributed by atoms with Crippen LogP contribution in [0.2, 0.25) is 0 Å². The van der Waals surface area contributed by atoms with Crippen LogP contribution in [0.5, 0.6) is 11.5 Å². The van der Waals surface area contributed by atoms with Crippen molar-refractivity contribution in [1.82, 2.24) is 0 Å². The zero-order chi connectivity index (χ0) is 18.2. The third kappa shape index (κ3) is 4.16. The number of rotatable bonds is 6. The number of hydrogen-bond donors (Lipinski definition) is 1. The lowest BCUT2D eigenvalue weighted by atomic mass is 10.0. The van der Waals surface area contributed by atoms with Crippen molar-refractivity contribution in [1.29, 1.82) is 0 Å². The van der Waals surface area contributed by atoms with Crippen LogP contribution >= 0.6 is 0 Å². The van der Waals surface area contributed by atoms with E-state index in [1.165, 1.54) is 6.21 Å². The molecule has 0 saturated heterocycles. The number of hydrogen-bond acceptors (Lipinski definition) is 4. The first-order valence-electron chi connectivity index (χ1n) is 8.46. The van der Waals surface area contributed by atoms with Gasteiger partial charge in [0.2, 0.25) is 0 Å². The molecule has 0 aliphatic heterocycles. The predicted octanol–water partition coefficient (Wildman–Crippen LogP) is 4.66. The Balaban J connectivity index is 1.95. The summed E-state index contributed by atoms with van der Waals surface area (Å²) in [6, 6.07) is 25.1. The number of para-hydroxylation sites is 1. The topological polar surface area (TPSA) is 54.2 Å². The van der Waals surface area contributed by atoms with Gasteiger partial charge in [0, 0.05) is 16.7 Å². The number of benzene rings is 3. The van der Waals surface area contributed by atoms with E-state index in [1.807, 2.05) is 73.7 Å². The smallest absolute Gasteiger partial charge is 0.166 e. The Labute approximate surface area is 153 Å². The van der Waals surface area contributed by atoms with Gasteiger partial charge in [-0.15, -0.1) is 5.10 Å². The largest absolute Gasteiger partial charge is 0.504 e. The van der Waals surface area contributed by atoms with Gasteiger partial charge in [-0.1, -0.05) is 66.7 Å². The SMILES string of the molecule is CCOc1cccc(C=NN=C(c2ccccc2)c2ccccc2)c1O. The van der Waals surface area contributed by atoms with E-state index in [-0.39, 0.29) is 5.75 Å². The summed E-state index contributed by atoms with van der Waals surface area (Å²) in [5, 5.41) is 18.9. The zero-order valence-electron chi connectivity index (χ0n) is 14.5. The summed E-state index contributed by atoms with van der Waals surface area (Å²) < 4.78 is 5.40. The van der Waals surface area contributed by atoms with Crippen molar-refractivity contribution < 1.29 is 9.84 Å². The van der Waals surface area contributed by atoms with Gasteiger partial charge in [-0.05, 0) is 19.1 Å². The number of ether oxygens (including phenoxy) is 1. The Hall–Kier alpha value is -3.40. The van der Waals surface area contributed by atoms with Gasteiger partial charge in [-0.25, -0.2) is 0 Å². The first-order chi connectivity index (χ1) is 12.8. The molecule has 0 aliphatic rings. The van der Waals surface area contributed by atoms with Crippen LogP contribution in [0.3, 0.4) is 0 Å². The molecule has 0 radical (unpaired) electrons. The van der Waals surface area contributed by atoms with Crippen LogP contribution < -0.4 is 4.74 Å². The molecule has 0 amide bonds. The normalized spacial score (nSPS) is 10.7. The number of nitrogens with zero attached hydrogens (tertiary/aromatic N) is 2. The fraction of sp³-hybridized carbons (Fsp3) is 0.0909. The van der Waals surface area contributed by atoms with Crippen molar-refractivity contribution in [2.24, 2.45) is 10.2 Å². The van der Waals surface area contributed by atoms with Crippen molar-refractivity contribution in [2.75, 3.05) is 6.61 Å². The van der Waals surface area contributed by atoms with Crippen LogP contribution in [0.1, 0.15) is 23.6 Å². The third-order valence-corrected chi connectivity index (χ3v) is 3.78. The summed E-state index contributed by atoms with van der Waals surface area (Å²) in [6.45, 7) is 2.36. The van der Waals surface area contributed by atoms with Gasteiger partial charge in [-0.2, -0.15) is 5.10 Å². The Bertz CT molecular complexity index is 862. The van der Waals surface area contributed by atoms with Gasteiger partial charge in [0.25, 0.3) is 0 Å². The third-order valence-electron chi connectivity index (χ3n) is 3.78. The van der Waals surface area contributed by atoms with Crippen LogP contribution in [-0.4, -0.2) is 23.6 Å². The highest BCUT2D eigenvalue weighted by molar-refractivity contribution is 6.13. The summed E-state index contributed by atoms with van der Waals surface area (Å²) in [7, 11) is 0. The molecule has 0 heterocycles. The summed E-state index contributed by atoms with van der Waals surface area (Å²) in [6.07, 6.45) is 1.53. The van der Waals surface area contributed by atoms with Crippen molar-refractivity contribution in [2.45, 2.75) is 6.92 Å². The van der Waals surface area contributed by atoms with Gasteiger partial charge in [0.1, 0.15) is 5.71 Å². The summed E-state index contributed by atoms with van der Waals surface area (Å²) in [4.78, 5) is 0. The van der Waals surface area contributed by atoms with Crippen molar-refractivity contribution in [3.63, 3.8) is 0 Å². The second kappa shape index (κ2) is 8.62. The van der Waals surface area contributed by atoms with E-state index in [0.717, 1.165) is 16.8 Å². The van der Waals surface area contributed by atoms with E-state index in [0.29, 0.717) is 17.9 Å². The quantitative estimate of drug-likeness (QED) is 0.522. The molecule has 0 atom stereocenters. The second-order valence-electron chi connectivity index (χ2n) is 5.55. The number of phenolic OH excluding ortho intramolecular Hbond substituents is 1. The molecular formula is C22H20N2O2. The maximum Gasteiger partial charge on any atom is 0.166 e. The van der Waals surface area contributed by atoms with E-state index >= 15 is 0 Å². The predicted molar refractivity (Wildman–Crippen MR) is 105 cm³/mol. The Morgan fingerprint density at radius 1 is 0.885 bits per heavy atom. The molecule has 0 unspecified atom stereocenters. The number of aromatic hydroxyl groups is 1. The molecule has 3 aromatic rings. The molecule has 4 heteroatoms. The summed E-state index contributed by atoms with van der Waals surface area (Å²) in [5.41, 5.74) is 3.27. The average molecular weight is 344 g/mol. The molecule has 26 heavy (non-hydrogen) atoms. The van der Waals surface area contributed by atoms with Crippen LogP contribution in [0.4, 0.5) is 0 Å². The molecule has 0 spiro atoms. The molecule has 1 N–H and O–H groups in total. The molecule has 0 fully saturated rings. The fourth-order valence-corrected chi connectivity index (χ4v) is 2.54. The van der Waals surface area contributed by atoms with E-state index < -0.39 is 0 Å². The van der Waals surface area contributed by atoms with Gasteiger partial charge in [0.05, 0.1) is 12.8 Å². The fourth-order valence-electron chi connectivity index (χ4n) is 2.54. The highest BCUT2D eigenvalue weighted by Gasteiger charge is 2.07. The van der Waals surface area contributed by atoms with E-state index in [2.05, 4.69) is 10.2 Å². The lowest BCUT2D eigenvalue weighted by Crippen LogP contribution is -2.02. The molecule has 4 nitrogen and oxygen atoms in total. The van der Waals surface area contributed by atoms with Crippen molar-refractivity contribution in [3.05, 3.63) is 95.6 Å². The molecule has 3 aromatic carbocycles. The van der Waals surface area contributed by atoms with Crippen molar-refractivity contribution >= 4 is 11.9 Å². The molecule has 0 aliphatic carbocycles. The highest BCUT2D eigenvalue weighted by atomic mass is 16.5. The minimum atomic E-state index is 0.0641. The minimum Gasteiger partial charge on any atom is -0.504 e. The lowest BCUT2D eigenvalue weighted by molar-refractivity contribution is 0.318. The van der Waals surface area contributed by atoms with E-state index in [4.69, 9.17) is 4.74 Å². The molecule has 0 bridgehead atoms. The average Bonchev–Trinajstić information content (AvgIpc) is 2.69.